The average Bonchev–Trinajstić information content (AvgIpc) is 2.12. The lowest BCUT2D eigenvalue weighted by atomic mass is 9.96. The van der Waals surface area contributed by atoms with Crippen LogP contribution in [0.25, 0.3) is 0 Å². The maximum Gasteiger partial charge on any atom is 0.148 e. The van der Waals surface area contributed by atoms with Gasteiger partial charge in [0.05, 0.1) is 17.9 Å². The Labute approximate surface area is 82.6 Å². The Bertz CT molecular complexity index is 347. The normalized spacial score (nSPS) is 16.0. The topological polar surface area (TPSA) is 72.0 Å². The van der Waals surface area contributed by atoms with Gasteiger partial charge in [-0.3, -0.25) is 10.4 Å². The van der Waals surface area contributed by atoms with Gasteiger partial charge in [-0.05, 0) is 25.3 Å². The predicted octanol–water partition coefficient (Wildman–Crippen LogP) is 1.30. The van der Waals surface area contributed by atoms with Crippen LogP contribution in [-0.2, 0) is 0 Å². The molecule has 4 heteroatoms. The van der Waals surface area contributed by atoms with Gasteiger partial charge in [-0.25, -0.2) is 0 Å². The van der Waals surface area contributed by atoms with Crippen LogP contribution >= 0.6 is 0 Å². The van der Waals surface area contributed by atoms with Crippen molar-refractivity contribution >= 4 is 5.84 Å². The Morgan fingerprint density at radius 3 is 2.93 bits per heavy atom. The Morgan fingerprint density at radius 1 is 1.57 bits per heavy atom. The van der Waals surface area contributed by atoms with Crippen LogP contribution in [0.2, 0.25) is 0 Å². The van der Waals surface area contributed by atoms with Crippen molar-refractivity contribution in [3.05, 3.63) is 24.0 Å². The summed E-state index contributed by atoms with van der Waals surface area (Å²) in [6.07, 6.45) is 6.93. The molecule has 3 N–H and O–H groups in total. The molecule has 1 heterocycles. The van der Waals surface area contributed by atoms with Gasteiger partial charge >= 0.3 is 0 Å². The molecule has 1 aliphatic rings. The van der Waals surface area contributed by atoms with Crippen molar-refractivity contribution in [1.29, 1.82) is 5.41 Å². The van der Waals surface area contributed by atoms with E-state index in [1.807, 2.05) is 0 Å². The second kappa shape index (κ2) is 3.65. The van der Waals surface area contributed by atoms with Crippen molar-refractivity contribution in [3.8, 4) is 5.75 Å². The van der Waals surface area contributed by atoms with E-state index >= 15 is 0 Å². The van der Waals surface area contributed by atoms with Gasteiger partial charge in [0.2, 0.25) is 0 Å². The predicted molar refractivity (Wildman–Crippen MR) is 53.5 cm³/mol. The lowest BCUT2D eigenvalue weighted by molar-refractivity contribution is 0.119. The van der Waals surface area contributed by atoms with Crippen molar-refractivity contribution < 1.29 is 4.74 Å². The highest BCUT2D eigenvalue weighted by atomic mass is 16.5. The van der Waals surface area contributed by atoms with Crippen LogP contribution in [0.5, 0.6) is 5.75 Å². The first-order chi connectivity index (χ1) is 6.77. The molecule has 1 aromatic heterocycles. The average molecular weight is 191 g/mol. The van der Waals surface area contributed by atoms with Crippen LogP contribution in [0, 0.1) is 5.41 Å². The number of pyridine rings is 1. The van der Waals surface area contributed by atoms with Gasteiger partial charge in [-0.1, -0.05) is 0 Å². The monoisotopic (exact) mass is 191 g/mol. The lowest BCUT2D eigenvalue weighted by Crippen LogP contribution is -2.26. The Kier molecular flexibility index (Phi) is 2.35. The summed E-state index contributed by atoms with van der Waals surface area (Å²) in [6, 6.07) is 1.70. The first-order valence-electron chi connectivity index (χ1n) is 4.72. The number of amidine groups is 1. The molecule has 0 spiro atoms. The van der Waals surface area contributed by atoms with Crippen LogP contribution < -0.4 is 10.5 Å². The fourth-order valence-electron chi connectivity index (χ4n) is 1.36. The SMILES string of the molecule is N=C(N)c1ccncc1OC1CCC1. The molecule has 0 aliphatic heterocycles. The van der Waals surface area contributed by atoms with Crippen LogP contribution in [0.4, 0.5) is 0 Å². The summed E-state index contributed by atoms with van der Waals surface area (Å²) in [5.74, 6) is 0.659. The van der Waals surface area contributed by atoms with Crippen LogP contribution in [0.1, 0.15) is 24.8 Å². The number of hydrogen-bond donors (Lipinski definition) is 2. The summed E-state index contributed by atoms with van der Waals surface area (Å²) in [7, 11) is 0. The van der Waals surface area contributed by atoms with Gasteiger partial charge in [-0.15, -0.1) is 0 Å². The zero-order valence-electron chi connectivity index (χ0n) is 7.86. The maximum atomic E-state index is 7.37. The molecular formula is C10H13N3O. The molecule has 4 nitrogen and oxygen atoms in total. The van der Waals surface area contributed by atoms with Crippen molar-refractivity contribution in [2.75, 3.05) is 0 Å². The Hall–Kier alpha value is -1.58. The maximum absolute atomic E-state index is 7.37. The second-order valence-electron chi connectivity index (χ2n) is 3.46. The zero-order valence-corrected chi connectivity index (χ0v) is 7.86. The van der Waals surface area contributed by atoms with E-state index in [0.717, 1.165) is 12.8 Å². The molecule has 0 atom stereocenters. The zero-order chi connectivity index (χ0) is 9.97. The molecule has 0 radical (unpaired) electrons. The third-order valence-electron chi connectivity index (χ3n) is 2.42. The smallest absolute Gasteiger partial charge is 0.148 e. The number of nitrogens with one attached hydrogen (secondary N) is 1. The second-order valence-corrected chi connectivity index (χ2v) is 3.46. The number of hydrogen-bond acceptors (Lipinski definition) is 3. The molecule has 1 saturated carbocycles. The van der Waals surface area contributed by atoms with Crippen LogP contribution in [-0.4, -0.2) is 16.9 Å². The van der Waals surface area contributed by atoms with Gasteiger partial charge in [0.25, 0.3) is 0 Å². The molecule has 1 aliphatic carbocycles. The third-order valence-corrected chi connectivity index (χ3v) is 2.42. The minimum Gasteiger partial charge on any atom is -0.488 e. The van der Waals surface area contributed by atoms with E-state index in [1.165, 1.54) is 6.42 Å². The summed E-state index contributed by atoms with van der Waals surface area (Å²) >= 11 is 0. The van der Waals surface area contributed by atoms with E-state index < -0.39 is 0 Å². The number of rotatable bonds is 3. The van der Waals surface area contributed by atoms with Gasteiger partial charge in [0.15, 0.2) is 0 Å². The number of nitrogens with zero attached hydrogens (tertiary/aromatic N) is 1. The Morgan fingerprint density at radius 2 is 2.36 bits per heavy atom. The van der Waals surface area contributed by atoms with Gasteiger partial charge in [-0.2, -0.15) is 0 Å². The van der Waals surface area contributed by atoms with Crippen LogP contribution in [0.15, 0.2) is 18.5 Å². The minimum atomic E-state index is 0.0294. The van der Waals surface area contributed by atoms with Crippen molar-refractivity contribution in [1.82, 2.24) is 4.98 Å². The van der Waals surface area contributed by atoms with Crippen molar-refractivity contribution in [2.24, 2.45) is 5.73 Å². The summed E-state index contributed by atoms with van der Waals surface area (Å²) in [5, 5.41) is 7.37. The standard InChI is InChI=1S/C10H13N3O/c11-10(12)8-4-5-13-6-9(8)14-7-2-1-3-7/h4-7H,1-3H2,(H3,11,12). The number of nitrogen functional groups attached to an aromatic ring is 1. The van der Waals surface area contributed by atoms with Gasteiger partial charge in [0.1, 0.15) is 11.6 Å². The van der Waals surface area contributed by atoms with Crippen molar-refractivity contribution in [2.45, 2.75) is 25.4 Å². The lowest BCUT2D eigenvalue weighted by Gasteiger charge is -2.27. The molecule has 74 valence electrons. The fraction of sp³-hybridized carbons (Fsp3) is 0.400. The molecular weight excluding hydrogens is 178 g/mol. The van der Waals surface area contributed by atoms with Gasteiger partial charge < -0.3 is 10.5 Å². The number of ether oxygens (including phenoxy) is 1. The minimum absolute atomic E-state index is 0.0294. The largest absolute Gasteiger partial charge is 0.488 e. The highest BCUT2D eigenvalue weighted by molar-refractivity contribution is 5.97. The molecule has 0 saturated heterocycles. The quantitative estimate of drug-likeness (QED) is 0.558. The fourth-order valence-corrected chi connectivity index (χ4v) is 1.36. The Balaban J connectivity index is 2.17. The molecule has 1 aromatic rings. The molecule has 14 heavy (non-hydrogen) atoms. The molecule has 0 amide bonds. The number of aromatic nitrogens is 1. The summed E-state index contributed by atoms with van der Waals surface area (Å²) in [4.78, 5) is 3.96. The summed E-state index contributed by atoms with van der Waals surface area (Å²) in [6.45, 7) is 0. The van der Waals surface area contributed by atoms with E-state index in [-0.39, 0.29) is 11.9 Å². The van der Waals surface area contributed by atoms with E-state index in [0.29, 0.717) is 11.3 Å². The summed E-state index contributed by atoms with van der Waals surface area (Å²) < 4.78 is 5.66. The van der Waals surface area contributed by atoms with Crippen LogP contribution in [0.3, 0.4) is 0 Å². The van der Waals surface area contributed by atoms with E-state index in [2.05, 4.69) is 4.98 Å². The number of nitrogens with two attached hydrogens (primary N) is 1. The molecule has 0 unspecified atom stereocenters. The third kappa shape index (κ3) is 1.69. The van der Waals surface area contributed by atoms with Gasteiger partial charge in [0, 0.05) is 6.20 Å². The van der Waals surface area contributed by atoms with E-state index in [9.17, 15) is 0 Å². The highest BCUT2D eigenvalue weighted by Crippen LogP contribution is 2.26. The molecule has 0 bridgehead atoms. The highest BCUT2D eigenvalue weighted by Gasteiger charge is 2.20. The van der Waals surface area contributed by atoms with Crippen molar-refractivity contribution in [3.63, 3.8) is 0 Å². The molecule has 2 rings (SSSR count). The molecule has 1 fully saturated rings. The first-order valence-corrected chi connectivity index (χ1v) is 4.72. The first kappa shape index (κ1) is 8.99. The molecule has 0 aromatic carbocycles. The van der Waals surface area contributed by atoms with E-state index in [4.69, 9.17) is 15.9 Å². The van der Waals surface area contributed by atoms with E-state index in [1.54, 1.807) is 18.5 Å². The summed E-state index contributed by atoms with van der Waals surface area (Å²) in [5.41, 5.74) is 6.06.